The van der Waals surface area contributed by atoms with Crippen LogP contribution >= 0.6 is 11.6 Å². The van der Waals surface area contributed by atoms with Gasteiger partial charge in [0, 0.05) is 12.5 Å². The number of methoxy groups -OCH3 is 1. The number of para-hydroxylation sites is 1. The fourth-order valence-electron chi connectivity index (χ4n) is 1.80. The van der Waals surface area contributed by atoms with E-state index in [0.29, 0.717) is 17.0 Å². The van der Waals surface area contributed by atoms with Gasteiger partial charge in [0.2, 0.25) is 0 Å². The molecule has 1 aromatic carbocycles. The summed E-state index contributed by atoms with van der Waals surface area (Å²) in [6, 6.07) is 7.43. The highest BCUT2D eigenvalue weighted by Gasteiger charge is 2.16. The van der Waals surface area contributed by atoms with Gasteiger partial charge in [-0.2, -0.15) is 0 Å². The summed E-state index contributed by atoms with van der Waals surface area (Å²) in [5.41, 5.74) is 6.77. The first kappa shape index (κ1) is 12.4. The van der Waals surface area contributed by atoms with Crippen molar-refractivity contribution in [1.82, 2.24) is 0 Å². The Hall–Kier alpha value is -1.03. The second-order valence-corrected chi connectivity index (χ2v) is 4.60. The van der Waals surface area contributed by atoms with Crippen LogP contribution in [0.5, 0.6) is 0 Å². The molecule has 92 valence electrons. The van der Waals surface area contributed by atoms with Crippen molar-refractivity contribution >= 4 is 22.6 Å². The van der Waals surface area contributed by atoms with Crippen LogP contribution in [0.3, 0.4) is 0 Å². The number of benzene rings is 1. The van der Waals surface area contributed by atoms with Gasteiger partial charge >= 0.3 is 0 Å². The minimum Gasteiger partial charge on any atom is -0.458 e. The summed E-state index contributed by atoms with van der Waals surface area (Å²) in [5, 5.41) is 1.59. The molecule has 1 heterocycles. The lowest BCUT2D eigenvalue weighted by molar-refractivity contribution is 0.102. The van der Waals surface area contributed by atoms with Crippen LogP contribution in [-0.2, 0) is 4.74 Å². The Bertz CT molecular complexity index is 509. The number of nitrogens with two attached hydrogens (primary N) is 1. The summed E-state index contributed by atoms with van der Waals surface area (Å²) >= 11 is 6.05. The number of rotatable bonds is 4. The van der Waals surface area contributed by atoms with Gasteiger partial charge in [0.15, 0.2) is 5.58 Å². The van der Waals surface area contributed by atoms with E-state index in [4.69, 9.17) is 26.5 Å². The van der Waals surface area contributed by atoms with Crippen LogP contribution in [0.2, 0.25) is 5.02 Å². The molecule has 1 aromatic heterocycles. The van der Waals surface area contributed by atoms with Crippen LogP contribution < -0.4 is 5.73 Å². The van der Waals surface area contributed by atoms with E-state index in [1.165, 1.54) is 0 Å². The predicted octanol–water partition coefficient (Wildman–Crippen LogP) is 3.51. The molecule has 0 bridgehead atoms. The fourth-order valence-corrected chi connectivity index (χ4v) is 2.02. The van der Waals surface area contributed by atoms with E-state index in [0.717, 1.165) is 11.1 Å². The molecule has 4 heteroatoms. The number of hydrogen-bond donors (Lipinski definition) is 1. The van der Waals surface area contributed by atoms with E-state index in [-0.39, 0.29) is 12.1 Å². The summed E-state index contributed by atoms with van der Waals surface area (Å²) in [4.78, 5) is 0. The van der Waals surface area contributed by atoms with E-state index in [1.54, 1.807) is 13.2 Å². The summed E-state index contributed by atoms with van der Waals surface area (Å²) in [7, 11) is 1.67. The lowest BCUT2D eigenvalue weighted by Crippen LogP contribution is -2.17. The van der Waals surface area contributed by atoms with Crippen LogP contribution in [0, 0.1) is 0 Å². The number of halogens is 1. The van der Waals surface area contributed by atoms with Crippen molar-refractivity contribution in [2.45, 2.75) is 25.5 Å². The standard InChI is InChI=1S/C13H16ClNO2/c1-8(16-2)6-11(15)12-7-9-4-3-5-10(14)13(9)17-12/h3-5,7-8,11H,6,15H2,1-2H3. The first-order valence-corrected chi connectivity index (χ1v) is 5.96. The van der Waals surface area contributed by atoms with Gasteiger partial charge in [-0.05, 0) is 25.5 Å². The second-order valence-electron chi connectivity index (χ2n) is 4.20. The lowest BCUT2D eigenvalue weighted by atomic mass is 10.1. The zero-order valence-corrected chi connectivity index (χ0v) is 10.7. The van der Waals surface area contributed by atoms with E-state index in [1.807, 2.05) is 25.1 Å². The maximum Gasteiger partial charge on any atom is 0.152 e. The maximum absolute atomic E-state index is 6.07. The summed E-state index contributed by atoms with van der Waals surface area (Å²) in [6.45, 7) is 1.98. The SMILES string of the molecule is COC(C)CC(N)c1cc2cccc(Cl)c2o1. The number of hydrogen-bond acceptors (Lipinski definition) is 3. The van der Waals surface area contributed by atoms with Gasteiger partial charge in [0.05, 0.1) is 17.2 Å². The monoisotopic (exact) mass is 253 g/mol. The van der Waals surface area contributed by atoms with E-state index >= 15 is 0 Å². The number of fused-ring (bicyclic) bond motifs is 1. The molecule has 2 unspecified atom stereocenters. The zero-order chi connectivity index (χ0) is 12.4. The summed E-state index contributed by atoms with van der Waals surface area (Å²) < 4.78 is 10.9. The third-order valence-corrected chi connectivity index (χ3v) is 3.17. The Morgan fingerprint density at radius 1 is 1.47 bits per heavy atom. The molecule has 0 aliphatic heterocycles. The van der Waals surface area contributed by atoms with Crippen LogP contribution in [0.1, 0.15) is 25.1 Å². The molecule has 2 N–H and O–H groups in total. The Labute approximate surface area is 105 Å². The van der Waals surface area contributed by atoms with Crippen LogP contribution in [0.15, 0.2) is 28.7 Å². The molecule has 0 amide bonds. The molecular formula is C13H16ClNO2. The third-order valence-electron chi connectivity index (χ3n) is 2.87. The maximum atomic E-state index is 6.07. The third kappa shape index (κ3) is 2.63. The van der Waals surface area contributed by atoms with Crippen molar-refractivity contribution in [3.05, 3.63) is 35.0 Å². The number of ether oxygens (including phenoxy) is 1. The molecule has 0 fully saturated rings. The molecule has 0 saturated carbocycles. The molecule has 0 aliphatic carbocycles. The molecule has 0 radical (unpaired) electrons. The molecule has 0 spiro atoms. The summed E-state index contributed by atoms with van der Waals surface area (Å²) in [6.07, 6.45) is 0.821. The number of furan rings is 1. The second kappa shape index (κ2) is 5.08. The van der Waals surface area contributed by atoms with Gasteiger partial charge in [-0.1, -0.05) is 23.7 Å². The van der Waals surface area contributed by atoms with E-state index in [2.05, 4.69) is 0 Å². The summed E-state index contributed by atoms with van der Waals surface area (Å²) in [5.74, 6) is 0.747. The minimum atomic E-state index is -0.173. The van der Waals surface area contributed by atoms with Gasteiger partial charge in [-0.3, -0.25) is 0 Å². The van der Waals surface area contributed by atoms with Gasteiger partial charge in [0.25, 0.3) is 0 Å². The van der Waals surface area contributed by atoms with Gasteiger partial charge in [-0.15, -0.1) is 0 Å². The normalized spacial score (nSPS) is 15.1. The topological polar surface area (TPSA) is 48.4 Å². The van der Waals surface area contributed by atoms with Crippen LogP contribution in [0.4, 0.5) is 0 Å². The Balaban J connectivity index is 2.27. The molecule has 2 atom stereocenters. The molecule has 3 nitrogen and oxygen atoms in total. The Kier molecular flexibility index (Phi) is 3.72. The van der Waals surface area contributed by atoms with Crippen molar-refractivity contribution in [2.24, 2.45) is 5.73 Å². The quantitative estimate of drug-likeness (QED) is 0.907. The lowest BCUT2D eigenvalue weighted by Gasteiger charge is -2.13. The van der Waals surface area contributed by atoms with Crippen LogP contribution in [-0.4, -0.2) is 13.2 Å². The molecule has 2 rings (SSSR count). The first-order chi connectivity index (χ1) is 8.11. The molecule has 0 saturated heterocycles. The highest BCUT2D eigenvalue weighted by molar-refractivity contribution is 6.34. The highest BCUT2D eigenvalue weighted by Crippen LogP contribution is 2.30. The molecule has 17 heavy (non-hydrogen) atoms. The van der Waals surface area contributed by atoms with Crippen molar-refractivity contribution in [2.75, 3.05) is 7.11 Å². The molecule has 2 aromatic rings. The largest absolute Gasteiger partial charge is 0.458 e. The smallest absolute Gasteiger partial charge is 0.152 e. The van der Waals surface area contributed by atoms with Crippen LogP contribution in [0.25, 0.3) is 11.0 Å². The Morgan fingerprint density at radius 2 is 2.24 bits per heavy atom. The van der Waals surface area contributed by atoms with Gasteiger partial charge < -0.3 is 14.9 Å². The van der Waals surface area contributed by atoms with Crippen molar-refractivity contribution in [1.29, 1.82) is 0 Å². The predicted molar refractivity (Wildman–Crippen MR) is 69.2 cm³/mol. The van der Waals surface area contributed by atoms with Gasteiger partial charge in [0.1, 0.15) is 5.76 Å². The fraction of sp³-hybridized carbons (Fsp3) is 0.385. The first-order valence-electron chi connectivity index (χ1n) is 5.58. The average molecular weight is 254 g/mol. The molecular weight excluding hydrogens is 238 g/mol. The molecule has 0 aliphatic rings. The minimum absolute atomic E-state index is 0.105. The Morgan fingerprint density at radius 3 is 2.88 bits per heavy atom. The average Bonchev–Trinajstić information content (AvgIpc) is 2.74. The highest BCUT2D eigenvalue weighted by atomic mass is 35.5. The van der Waals surface area contributed by atoms with Crippen molar-refractivity contribution in [3.63, 3.8) is 0 Å². The van der Waals surface area contributed by atoms with Crippen molar-refractivity contribution in [3.8, 4) is 0 Å². The van der Waals surface area contributed by atoms with Gasteiger partial charge in [-0.25, -0.2) is 0 Å². The zero-order valence-electron chi connectivity index (χ0n) is 9.94. The van der Waals surface area contributed by atoms with Crippen molar-refractivity contribution < 1.29 is 9.15 Å². The van der Waals surface area contributed by atoms with E-state index in [9.17, 15) is 0 Å². The van der Waals surface area contributed by atoms with E-state index < -0.39 is 0 Å².